The molecule has 3 rings (SSSR count). The van der Waals surface area contributed by atoms with Crippen molar-refractivity contribution < 1.29 is 4.52 Å². The number of aromatic nitrogens is 1. The normalized spacial score (nSPS) is 10.7. The Morgan fingerprint density at radius 2 is 1.75 bits per heavy atom. The fourth-order valence-electron chi connectivity index (χ4n) is 1.91. The van der Waals surface area contributed by atoms with Crippen LogP contribution in [0.4, 0.5) is 0 Å². The third-order valence-corrected chi connectivity index (χ3v) is 5.20. The first-order valence-corrected chi connectivity index (χ1v) is 8.58. The van der Waals surface area contributed by atoms with Gasteiger partial charge < -0.3 is 0 Å². The van der Waals surface area contributed by atoms with Gasteiger partial charge in [-0.25, -0.2) is 0 Å². The molecule has 0 amide bonds. The van der Waals surface area contributed by atoms with Crippen LogP contribution >= 0.6 is 0 Å². The second kappa shape index (κ2) is 6.08. The van der Waals surface area contributed by atoms with Crippen molar-refractivity contribution in [3.05, 3.63) is 72.0 Å². The van der Waals surface area contributed by atoms with E-state index in [-0.39, 0.29) is 0 Å². The van der Waals surface area contributed by atoms with Crippen molar-refractivity contribution in [3.63, 3.8) is 0 Å². The maximum atomic E-state index is 5.44. The number of rotatable bonds is 4. The summed E-state index contributed by atoms with van der Waals surface area (Å²) in [6, 6.07) is 20.9. The average molecular weight is 328 g/mol. The zero-order valence-corrected chi connectivity index (χ0v) is 13.0. The molecule has 2 nitrogen and oxygen atoms in total. The number of benzene rings is 2. The van der Waals surface area contributed by atoms with E-state index in [0.29, 0.717) is 15.0 Å². The summed E-state index contributed by atoms with van der Waals surface area (Å²) in [5, 5.41) is 5.10. The van der Waals surface area contributed by atoms with Gasteiger partial charge in [0.1, 0.15) is 0 Å². The van der Waals surface area contributed by atoms with Crippen molar-refractivity contribution in [1.29, 1.82) is 0 Å². The van der Waals surface area contributed by atoms with E-state index < -0.39 is 0 Å². The van der Waals surface area contributed by atoms with E-state index >= 15 is 0 Å². The van der Waals surface area contributed by atoms with Crippen LogP contribution in [0.25, 0.3) is 11.3 Å². The van der Waals surface area contributed by atoms with Crippen molar-refractivity contribution >= 4 is 19.4 Å². The van der Waals surface area contributed by atoms with E-state index in [0.717, 1.165) is 22.3 Å². The Morgan fingerprint density at radius 3 is 2.50 bits per heavy atom. The van der Waals surface area contributed by atoms with Gasteiger partial charge in [-0.1, -0.05) is 0 Å². The van der Waals surface area contributed by atoms with Gasteiger partial charge in [0.2, 0.25) is 0 Å². The molecule has 0 fully saturated rings. The predicted octanol–water partition coefficient (Wildman–Crippen LogP) is 3.18. The molecular formula is C17H15NOSe. The number of aryl methyl sites for hydroxylation is 1. The molecular weight excluding hydrogens is 313 g/mol. The third kappa shape index (κ3) is 3.19. The summed E-state index contributed by atoms with van der Waals surface area (Å²) in [7, 11) is 0. The molecule has 3 heteroatoms. The molecule has 0 unspecified atom stereocenters. The van der Waals surface area contributed by atoms with Gasteiger partial charge in [0.25, 0.3) is 0 Å². The minimum absolute atomic E-state index is 0.394. The summed E-state index contributed by atoms with van der Waals surface area (Å²) in [6.45, 7) is 2.08. The second-order valence-electron chi connectivity index (χ2n) is 4.65. The van der Waals surface area contributed by atoms with Crippen molar-refractivity contribution in [2.45, 2.75) is 12.2 Å². The SMILES string of the molecule is Cc1ccc(-c2cc(C[Se]c3ccccc3)on2)cc1. The zero-order chi connectivity index (χ0) is 13.8. The Kier molecular flexibility index (Phi) is 4.00. The van der Waals surface area contributed by atoms with Gasteiger partial charge in [-0.2, -0.15) is 0 Å². The van der Waals surface area contributed by atoms with Crippen molar-refractivity contribution in [2.75, 3.05) is 0 Å². The van der Waals surface area contributed by atoms with E-state index in [1.807, 2.05) is 6.07 Å². The first-order valence-electron chi connectivity index (χ1n) is 6.52. The Bertz CT molecular complexity index is 674. The van der Waals surface area contributed by atoms with Crippen molar-refractivity contribution in [2.24, 2.45) is 0 Å². The van der Waals surface area contributed by atoms with Crippen LogP contribution in [0.3, 0.4) is 0 Å². The molecule has 2 aromatic carbocycles. The average Bonchev–Trinajstić information content (AvgIpc) is 2.96. The van der Waals surface area contributed by atoms with Crippen LogP contribution in [-0.4, -0.2) is 20.1 Å². The van der Waals surface area contributed by atoms with E-state index in [2.05, 4.69) is 66.7 Å². The molecule has 0 N–H and O–H groups in total. The summed E-state index contributed by atoms with van der Waals surface area (Å²) in [6.07, 6.45) is 0. The van der Waals surface area contributed by atoms with Gasteiger partial charge in [0.05, 0.1) is 0 Å². The molecule has 0 spiro atoms. The van der Waals surface area contributed by atoms with Crippen LogP contribution < -0.4 is 4.46 Å². The quantitative estimate of drug-likeness (QED) is 0.688. The zero-order valence-electron chi connectivity index (χ0n) is 11.2. The Balaban J connectivity index is 1.69. The number of nitrogens with zero attached hydrogens (tertiary/aromatic N) is 1. The molecule has 20 heavy (non-hydrogen) atoms. The van der Waals surface area contributed by atoms with Crippen LogP contribution in [0.2, 0.25) is 0 Å². The van der Waals surface area contributed by atoms with Gasteiger partial charge in [-0.15, -0.1) is 0 Å². The van der Waals surface area contributed by atoms with Crippen LogP contribution in [0.5, 0.6) is 0 Å². The first kappa shape index (κ1) is 13.2. The van der Waals surface area contributed by atoms with Gasteiger partial charge >= 0.3 is 125 Å². The molecule has 0 bridgehead atoms. The number of hydrogen-bond acceptors (Lipinski definition) is 2. The van der Waals surface area contributed by atoms with Crippen LogP contribution in [0.1, 0.15) is 11.3 Å². The van der Waals surface area contributed by atoms with Crippen LogP contribution in [-0.2, 0) is 5.32 Å². The van der Waals surface area contributed by atoms with Crippen LogP contribution in [0.15, 0.2) is 65.2 Å². The molecule has 0 aliphatic rings. The van der Waals surface area contributed by atoms with Crippen LogP contribution in [0, 0.1) is 6.92 Å². The van der Waals surface area contributed by atoms with Gasteiger partial charge in [0.15, 0.2) is 0 Å². The fourth-order valence-corrected chi connectivity index (χ4v) is 3.58. The summed E-state index contributed by atoms with van der Waals surface area (Å²) in [5.41, 5.74) is 3.28. The second-order valence-corrected chi connectivity index (χ2v) is 6.85. The third-order valence-electron chi connectivity index (χ3n) is 3.03. The summed E-state index contributed by atoms with van der Waals surface area (Å²) >= 11 is 0.394. The molecule has 0 radical (unpaired) electrons. The maximum absolute atomic E-state index is 5.44. The monoisotopic (exact) mass is 329 g/mol. The Morgan fingerprint density at radius 1 is 1.00 bits per heavy atom. The van der Waals surface area contributed by atoms with E-state index in [4.69, 9.17) is 4.52 Å². The molecule has 1 heterocycles. The Labute approximate surface area is 125 Å². The van der Waals surface area contributed by atoms with Gasteiger partial charge in [-0.05, 0) is 0 Å². The van der Waals surface area contributed by atoms with Gasteiger partial charge in [-0.3, -0.25) is 0 Å². The van der Waals surface area contributed by atoms with E-state index in [9.17, 15) is 0 Å². The Hall–Kier alpha value is -1.83. The molecule has 0 saturated heterocycles. The molecule has 3 aromatic rings. The summed E-state index contributed by atoms with van der Waals surface area (Å²) in [5.74, 6) is 0.962. The predicted molar refractivity (Wildman–Crippen MR) is 82.2 cm³/mol. The number of hydrogen-bond donors (Lipinski definition) is 0. The van der Waals surface area contributed by atoms with E-state index in [1.54, 1.807) is 0 Å². The molecule has 1 aromatic heterocycles. The minimum atomic E-state index is 0.394. The van der Waals surface area contributed by atoms with E-state index in [1.165, 1.54) is 10.0 Å². The van der Waals surface area contributed by atoms with Crippen molar-refractivity contribution in [1.82, 2.24) is 5.16 Å². The standard InChI is InChI=1S/C17H15NOSe/c1-13-7-9-14(10-8-13)17-11-15(19-18-17)12-20-16-5-3-2-4-6-16/h2-11H,12H2,1H3. The fraction of sp³-hybridized carbons (Fsp3) is 0.118. The molecule has 0 aliphatic carbocycles. The molecule has 0 saturated carbocycles. The summed E-state index contributed by atoms with van der Waals surface area (Å²) < 4.78 is 6.82. The summed E-state index contributed by atoms with van der Waals surface area (Å²) in [4.78, 5) is 0. The molecule has 0 atom stereocenters. The molecule has 0 aliphatic heterocycles. The molecule has 100 valence electrons. The first-order chi connectivity index (χ1) is 9.81. The topological polar surface area (TPSA) is 26.0 Å². The van der Waals surface area contributed by atoms with Crippen molar-refractivity contribution in [3.8, 4) is 11.3 Å². The van der Waals surface area contributed by atoms with Gasteiger partial charge in [0, 0.05) is 0 Å².